The third-order valence-corrected chi connectivity index (χ3v) is 4.20. The summed E-state index contributed by atoms with van der Waals surface area (Å²) in [6.45, 7) is 1.21. The van der Waals surface area contributed by atoms with Crippen molar-refractivity contribution in [1.29, 1.82) is 0 Å². The van der Waals surface area contributed by atoms with Crippen LogP contribution < -0.4 is 4.74 Å². The van der Waals surface area contributed by atoms with Gasteiger partial charge in [0.15, 0.2) is 0 Å². The van der Waals surface area contributed by atoms with Gasteiger partial charge >= 0.3 is 6.18 Å². The van der Waals surface area contributed by atoms with Crippen LogP contribution in [0.15, 0.2) is 42.5 Å². The molecule has 3 nitrogen and oxygen atoms in total. The Labute approximate surface area is 161 Å². The van der Waals surface area contributed by atoms with Gasteiger partial charge in [0.25, 0.3) is 0 Å². The summed E-state index contributed by atoms with van der Waals surface area (Å²) in [6.07, 6.45) is -5.57. The van der Waals surface area contributed by atoms with E-state index in [9.17, 15) is 18.3 Å². The van der Waals surface area contributed by atoms with Crippen molar-refractivity contribution < 1.29 is 23.0 Å². The van der Waals surface area contributed by atoms with E-state index in [0.717, 1.165) is 10.8 Å². The van der Waals surface area contributed by atoms with Gasteiger partial charge < -0.3 is 9.84 Å². The van der Waals surface area contributed by atoms with Gasteiger partial charge in [-0.1, -0.05) is 36.4 Å². The SMILES string of the molecule is I.OC(COc1cccc2ccccc12)CN1CC(CC(F)(F)F)C1. The lowest BCUT2D eigenvalue weighted by Gasteiger charge is -2.40. The lowest BCUT2D eigenvalue weighted by molar-refractivity contribution is -0.157. The Kier molecular flexibility index (Phi) is 6.93. The monoisotopic (exact) mass is 467 g/mol. The summed E-state index contributed by atoms with van der Waals surface area (Å²) in [5.74, 6) is 0.349. The number of rotatable bonds is 6. The highest BCUT2D eigenvalue weighted by Crippen LogP contribution is 2.30. The average molecular weight is 467 g/mol. The van der Waals surface area contributed by atoms with Gasteiger partial charge in [0.2, 0.25) is 0 Å². The van der Waals surface area contributed by atoms with Crippen LogP contribution in [-0.4, -0.2) is 48.5 Å². The maximum atomic E-state index is 12.3. The predicted octanol–water partition coefficient (Wildman–Crippen LogP) is 4.08. The summed E-state index contributed by atoms with van der Waals surface area (Å²) in [7, 11) is 0. The second kappa shape index (κ2) is 8.55. The zero-order valence-electron chi connectivity index (χ0n) is 13.6. The van der Waals surface area contributed by atoms with Crippen LogP contribution >= 0.6 is 24.0 Å². The van der Waals surface area contributed by atoms with E-state index in [1.54, 1.807) is 0 Å². The van der Waals surface area contributed by atoms with Crippen molar-refractivity contribution in [3.63, 3.8) is 0 Å². The average Bonchev–Trinajstić information content (AvgIpc) is 2.49. The third kappa shape index (κ3) is 5.72. The normalized spacial score (nSPS) is 17.0. The number of halogens is 4. The quantitative estimate of drug-likeness (QED) is 0.651. The van der Waals surface area contributed by atoms with Gasteiger partial charge in [-0.25, -0.2) is 0 Å². The molecule has 1 atom stereocenters. The van der Waals surface area contributed by atoms with Crippen molar-refractivity contribution in [2.45, 2.75) is 18.7 Å². The first-order chi connectivity index (χ1) is 11.4. The van der Waals surface area contributed by atoms with Crippen LogP contribution in [0.3, 0.4) is 0 Å². The molecule has 1 fully saturated rings. The zero-order chi connectivity index (χ0) is 17.2. The molecular formula is C18H21F3INO2. The van der Waals surface area contributed by atoms with Crippen LogP contribution in [0.4, 0.5) is 13.2 Å². The van der Waals surface area contributed by atoms with Gasteiger partial charge in [0.05, 0.1) is 0 Å². The summed E-state index contributed by atoms with van der Waals surface area (Å²) in [5.41, 5.74) is 0. The number of likely N-dealkylation sites (tertiary alicyclic amines) is 1. The molecule has 1 saturated heterocycles. The Balaban J connectivity index is 0.00000225. The number of aliphatic hydroxyl groups is 1. The number of β-amino-alcohol motifs (C(OH)–C–C–N with tert-alkyl or cyclic N) is 1. The zero-order valence-corrected chi connectivity index (χ0v) is 15.9. The van der Waals surface area contributed by atoms with Crippen LogP contribution in [0.1, 0.15) is 6.42 Å². The number of fused-ring (bicyclic) bond motifs is 1. The molecule has 0 saturated carbocycles. The molecule has 2 aromatic rings. The van der Waals surface area contributed by atoms with Crippen LogP contribution in [0.25, 0.3) is 10.8 Å². The molecule has 1 aliphatic heterocycles. The number of nitrogens with zero attached hydrogens (tertiary/aromatic N) is 1. The minimum atomic E-state index is -4.10. The maximum absolute atomic E-state index is 12.3. The predicted molar refractivity (Wildman–Crippen MR) is 101 cm³/mol. The fourth-order valence-corrected chi connectivity index (χ4v) is 3.14. The van der Waals surface area contributed by atoms with E-state index in [4.69, 9.17) is 4.74 Å². The third-order valence-electron chi connectivity index (χ3n) is 4.20. The van der Waals surface area contributed by atoms with Crippen molar-refractivity contribution >= 4 is 34.7 Å². The molecule has 0 aromatic heterocycles. The number of benzene rings is 2. The minimum Gasteiger partial charge on any atom is -0.490 e. The second-order valence-electron chi connectivity index (χ2n) is 6.35. The van der Waals surface area contributed by atoms with Crippen molar-refractivity contribution in [2.24, 2.45) is 5.92 Å². The van der Waals surface area contributed by atoms with Crippen molar-refractivity contribution in [3.05, 3.63) is 42.5 Å². The van der Waals surface area contributed by atoms with Crippen LogP contribution in [-0.2, 0) is 0 Å². The van der Waals surface area contributed by atoms with Gasteiger partial charge in [0, 0.05) is 31.4 Å². The van der Waals surface area contributed by atoms with Gasteiger partial charge in [-0.15, -0.1) is 24.0 Å². The molecule has 1 aliphatic rings. The highest BCUT2D eigenvalue weighted by molar-refractivity contribution is 14.0. The molecule has 0 aliphatic carbocycles. The van der Waals surface area contributed by atoms with E-state index in [2.05, 4.69) is 0 Å². The Morgan fingerprint density at radius 2 is 1.80 bits per heavy atom. The number of hydrogen-bond donors (Lipinski definition) is 1. The van der Waals surface area contributed by atoms with Gasteiger partial charge in [0.1, 0.15) is 18.5 Å². The van der Waals surface area contributed by atoms with E-state index in [-0.39, 0.29) is 36.5 Å². The van der Waals surface area contributed by atoms with Gasteiger partial charge in [-0.3, -0.25) is 4.90 Å². The summed E-state index contributed by atoms with van der Waals surface area (Å²) < 4.78 is 42.5. The summed E-state index contributed by atoms with van der Waals surface area (Å²) in [6, 6.07) is 13.5. The Bertz CT molecular complexity index is 684. The molecule has 0 amide bonds. The van der Waals surface area contributed by atoms with E-state index >= 15 is 0 Å². The molecule has 2 aromatic carbocycles. The van der Waals surface area contributed by atoms with Crippen LogP contribution in [0, 0.1) is 5.92 Å². The number of alkyl halides is 3. The molecule has 25 heavy (non-hydrogen) atoms. The first kappa shape index (κ1) is 20.3. The fraction of sp³-hybridized carbons (Fsp3) is 0.444. The van der Waals surface area contributed by atoms with Crippen molar-refractivity contribution in [1.82, 2.24) is 4.90 Å². The molecule has 7 heteroatoms. The fourth-order valence-electron chi connectivity index (χ4n) is 3.14. The second-order valence-corrected chi connectivity index (χ2v) is 6.35. The lowest BCUT2D eigenvalue weighted by atomic mass is 9.96. The molecule has 1 unspecified atom stereocenters. The highest BCUT2D eigenvalue weighted by atomic mass is 127. The maximum Gasteiger partial charge on any atom is 0.389 e. The Hall–Kier alpha value is -1.06. The van der Waals surface area contributed by atoms with E-state index in [0.29, 0.717) is 25.4 Å². The van der Waals surface area contributed by atoms with E-state index < -0.39 is 18.7 Å². The molecule has 1 N–H and O–H groups in total. The molecule has 138 valence electrons. The topological polar surface area (TPSA) is 32.7 Å². The number of ether oxygens (including phenoxy) is 1. The molecular weight excluding hydrogens is 446 g/mol. The van der Waals surface area contributed by atoms with E-state index in [1.165, 1.54) is 0 Å². The molecule has 0 spiro atoms. The minimum absolute atomic E-state index is 0. The van der Waals surface area contributed by atoms with E-state index in [1.807, 2.05) is 47.4 Å². The Morgan fingerprint density at radius 1 is 1.12 bits per heavy atom. The number of aliphatic hydroxyl groups excluding tert-OH is 1. The Morgan fingerprint density at radius 3 is 2.52 bits per heavy atom. The summed E-state index contributed by atoms with van der Waals surface area (Å²) in [5, 5.41) is 12.1. The number of hydrogen-bond acceptors (Lipinski definition) is 3. The van der Waals surface area contributed by atoms with Gasteiger partial charge in [-0.05, 0) is 17.4 Å². The van der Waals surface area contributed by atoms with Crippen molar-refractivity contribution in [2.75, 3.05) is 26.2 Å². The lowest BCUT2D eigenvalue weighted by Crippen LogP contribution is -2.51. The van der Waals surface area contributed by atoms with Gasteiger partial charge in [-0.2, -0.15) is 13.2 Å². The standard InChI is InChI=1S/C18H20F3NO2.HI/c19-18(20,21)8-13-9-22(10-13)11-15(23)12-24-17-7-3-5-14-4-1-2-6-16(14)17;/h1-7,13,15,23H,8-12H2;1H. The highest BCUT2D eigenvalue weighted by Gasteiger charge is 2.38. The first-order valence-corrected chi connectivity index (χ1v) is 7.98. The summed E-state index contributed by atoms with van der Waals surface area (Å²) in [4.78, 5) is 1.83. The van der Waals surface area contributed by atoms with Crippen LogP contribution in [0.5, 0.6) is 5.75 Å². The molecule has 3 rings (SSSR count). The first-order valence-electron chi connectivity index (χ1n) is 7.98. The largest absolute Gasteiger partial charge is 0.490 e. The van der Waals surface area contributed by atoms with Crippen molar-refractivity contribution in [3.8, 4) is 5.75 Å². The van der Waals surface area contributed by atoms with Crippen LogP contribution in [0.2, 0.25) is 0 Å². The smallest absolute Gasteiger partial charge is 0.389 e. The summed E-state index contributed by atoms with van der Waals surface area (Å²) >= 11 is 0. The molecule has 0 bridgehead atoms. The molecule has 0 radical (unpaired) electrons. The molecule has 1 heterocycles.